The zero-order chi connectivity index (χ0) is 23.4. The zero-order valence-electron chi connectivity index (χ0n) is 18.7. The number of anilines is 3. The number of methoxy groups -OCH3 is 2. The Morgan fingerprint density at radius 2 is 1.61 bits per heavy atom. The van der Waals surface area contributed by atoms with E-state index in [-0.39, 0.29) is 4.90 Å². The summed E-state index contributed by atoms with van der Waals surface area (Å²) in [5.74, 6) is 2.91. The van der Waals surface area contributed by atoms with E-state index in [4.69, 9.17) is 9.47 Å². The molecular formula is C22H26N6O4S. The minimum Gasteiger partial charge on any atom is -0.493 e. The SMILES string of the molecule is COc1ccc(S(=O)(=O)N2CCN(c3cc(Nc4cc(C)ccn4)ncn3)CC2)cc1OC. The molecule has 0 unspecified atom stereocenters. The first-order chi connectivity index (χ1) is 15.9. The third-order valence-electron chi connectivity index (χ3n) is 5.38. The van der Waals surface area contributed by atoms with Gasteiger partial charge in [0, 0.05) is 44.5 Å². The summed E-state index contributed by atoms with van der Waals surface area (Å²) >= 11 is 0. The van der Waals surface area contributed by atoms with Crippen LogP contribution in [0.2, 0.25) is 0 Å². The predicted molar refractivity (Wildman–Crippen MR) is 125 cm³/mol. The molecule has 0 aliphatic carbocycles. The molecule has 0 radical (unpaired) electrons. The molecule has 3 heterocycles. The normalized spacial score (nSPS) is 14.7. The van der Waals surface area contributed by atoms with Crippen molar-refractivity contribution in [1.82, 2.24) is 19.3 Å². The number of piperazine rings is 1. The maximum atomic E-state index is 13.2. The van der Waals surface area contributed by atoms with E-state index >= 15 is 0 Å². The summed E-state index contributed by atoms with van der Waals surface area (Å²) in [7, 11) is -0.671. The quantitative estimate of drug-likeness (QED) is 0.557. The standard InChI is InChI=1S/C22H26N6O4S/c1-16-6-7-23-20(12-16)26-21-14-22(25-15-24-21)27-8-10-28(11-9-27)33(29,30)17-4-5-18(31-2)19(13-17)32-3/h4-7,12-15H,8-11H2,1-3H3,(H,23,24,25,26). The second kappa shape index (κ2) is 9.59. The molecule has 0 atom stereocenters. The van der Waals surface area contributed by atoms with Crippen LogP contribution in [0.5, 0.6) is 11.5 Å². The molecule has 0 saturated carbocycles. The van der Waals surface area contributed by atoms with E-state index in [2.05, 4.69) is 20.3 Å². The van der Waals surface area contributed by atoms with E-state index in [0.717, 1.165) is 11.4 Å². The summed E-state index contributed by atoms with van der Waals surface area (Å²) in [6, 6.07) is 10.3. The predicted octanol–water partition coefficient (Wildman–Crippen LogP) is 2.45. The highest BCUT2D eigenvalue weighted by molar-refractivity contribution is 7.89. The molecule has 2 aromatic heterocycles. The van der Waals surface area contributed by atoms with Crippen LogP contribution >= 0.6 is 0 Å². The van der Waals surface area contributed by atoms with Gasteiger partial charge in [0.1, 0.15) is 23.8 Å². The van der Waals surface area contributed by atoms with E-state index in [0.29, 0.717) is 49.3 Å². The monoisotopic (exact) mass is 470 g/mol. The van der Waals surface area contributed by atoms with Crippen molar-refractivity contribution in [2.24, 2.45) is 0 Å². The maximum absolute atomic E-state index is 13.2. The molecule has 1 aliphatic rings. The molecule has 4 rings (SSSR count). The smallest absolute Gasteiger partial charge is 0.243 e. The van der Waals surface area contributed by atoms with Gasteiger partial charge in [0.2, 0.25) is 10.0 Å². The number of hydrogen-bond acceptors (Lipinski definition) is 9. The molecule has 1 N–H and O–H groups in total. The Kier molecular flexibility index (Phi) is 6.61. The van der Waals surface area contributed by atoms with Gasteiger partial charge in [-0.15, -0.1) is 0 Å². The van der Waals surface area contributed by atoms with Crippen LogP contribution in [0, 0.1) is 6.92 Å². The number of nitrogens with one attached hydrogen (secondary N) is 1. The first-order valence-electron chi connectivity index (χ1n) is 10.4. The zero-order valence-corrected chi connectivity index (χ0v) is 19.5. The largest absolute Gasteiger partial charge is 0.493 e. The third kappa shape index (κ3) is 4.99. The summed E-state index contributed by atoms with van der Waals surface area (Å²) in [4.78, 5) is 15.1. The molecule has 174 valence electrons. The van der Waals surface area contributed by atoms with Crippen LogP contribution in [0.15, 0.2) is 53.8 Å². The Morgan fingerprint density at radius 1 is 0.879 bits per heavy atom. The Balaban J connectivity index is 1.44. The summed E-state index contributed by atoms with van der Waals surface area (Å²) in [5.41, 5.74) is 1.09. The van der Waals surface area contributed by atoms with Crippen molar-refractivity contribution in [2.75, 3.05) is 50.6 Å². The van der Waals surface area contributed by atoms with Crippen LogP contribution in [0.3, 0.4) is 0 Å². The van der Waals surface area contributed by atoms with Gasteiger partial charge >= 0.3 is 0 Å². The van der Waals surface area contributed by atoms with Crippen molar-refractivity contribution < 1.29 is 17.9 Å². The molecule has 10 nitrogen and oxygen atoms in total. The lowest BCUT2D eigenvalue weighted by Gasteiger charge is -2.34. The lowest BCUT2D eigenvalue weighted by atomic mass is 10.3. The van der Waals surface area contributed by atoms with Crippen molar-refractivity contribution in [2.45, 2.75) is 11.8 Å². The molecule has 0 spiro atoms. The number of aromatic nitrogens is 3. The maximum Gasteiger partial charge on any atom is 0.243 e. The fourth-order valence-corrected chi connectivity index (χ4v) is 5.05. The van der Waals surface area contributed by atoms with Gasteiger partial charge in [-0.3, -0.25) is 0 Å². The second-order valence-electron chi connectivity index (χ2n) is 7.51. The molecule has 33 heavy (non-hydrogen) atoms. The van der Waals surface area contributed by atoms with Crippen molar-refractivity contribution in [3.63, 3.8) is 0 Å². The van der Waals surface area contributed by atoms with E-state index in [1.165, 1.54) is 37.0 Å². The molecular weight excluding hydrogens is 444 g/mol. The van der Waals surface area contributed by atoms with Gasteiger partial charge < -0.3 is 19.7 Å². The van der Waals surface area contributed by atoms with Gasteiger partial charge in [-0.05, 0) is 36.8 Å². The summed E-state index contributed by atoms with van der Waals surface area (Å²) in [6.45, 7) is 3.68. The number of aryl methyl sites for hydroxylation is 1. The second-order valence-corrected chi connectivity index (χ2v) is 9.45. The Labute approximate surface area is 193 Å². The van der Waals surface area contributed by atoms with Crippen LogP contribution in [0.25, 0.3) is 0 Å². The van der Waals surface area contributed by atoms with E-state index in [1.807, 2.05) is 30.0 Å². The van der Waals surface area contributed by atoms with Crippen molar-refractivity contribution in [3.8, 4) is 11.5 Å². The number of rotatable bonds is 7. The van der Waals surface area contributed by atoms with Crippen molar-refractivity contribution in [1.29, 1.82) is 0 Å². The molecule has 0 bridgehead atoms. The molecule has 1 aromatic carbocycles. The van der Waals surface area contributed by atoms with Gasteiger partial charge in [-0.1, -0.05) is 0 Å². The first-order valence-corrected chi connectivity index (χ1v) is 11.8. The van der Waals surface area contributed by atoms with Gasteiger partial charge in [-0.2, -0.15) is 4.31 Å². The van der Waals surface area contributed by atoms with Gasteiger partial charge in [-0.25, -0.2) is 23.4 Å². The Bertz CT molecular complexity index is 1230. The fraction of sp³-hybridized carbons (Fsp3) is 0.318. The minimum absolute atomic E-state index is 0.174. The molecule has 3 aromatic rings. The number of ether oxygens (including phenoxy) is 2. The molecule has 1 aliphatic heterocycles. The number of pyridine rings is 1. The van der Waals surface area contributed by atoms with Crippen LogP contribution in [-0.4, -0.2) is 68.1 Å². The summed E-state index contributed by atoms with van der Waals surface area (Å²) in [6.07, 6.45) is 3.22. The van der Waals surface area contributed by atoms with Crippen LogP contribution < -0.4 is 19.7 Å². The number of sulfonamides is 1. The average molecular weight is 471 g/mol. The summed E-state index contributed by atoms with van der Waals surface area (Å²) < 4.78 is 38.2. The lowest BCUT2D eigenvalue weighted by molar-refractivity contribution is 0.353. The fourth-order valence-electron chi connectivity index (χ4n) is 3.61. The van der Waals surface area contributed by atoms with Crippen molar-refractivity contribution >= 4 is 27.5 Å². The number of nitrogens with zero attached hydrogens (tertiary/aromatic N) is 5. The highest BCUT2D eigenvalue weighted by atomic mass is 32.2. The molecule has 11 heteroatoms. The molecule has 0 amide bonds. The van der Waals surface area contributed by atoms with Crippen LogP contribution in [-0.2, 0) is 10.0 Å². The topological polar surface area (TPSA) is 110 Å². The Hall–Kier alpha value is -3.44. The highest BCUT2D eigenvalue weighted by Gasteiger charge is 2.30. The minimum atomic E-state index is -3.66. The van der Waals surface area contributed by atoms with Crippen molar-refractivity contribution in [3.05, 3.63) is 54.5 Å². The van der Waals surface area contributed by atoms with E-state index in [1.54, 1.807) is 12.3 Å². The first kappa shape index (κ1) is 22.7. The highest BCUT2D eigenvalue weighted by Crippen LogP contribution is 2.31. The third-order valence-corrected chi connectivity index (χ3v) is 7.27. The number of benzene rings is 1. The average Bonchev–Trinajstić information content (AvgIpc) is 2.84. The lowest BCUT2D eigenvalue weighted by Crippen LogP contribution is -2.48. The molecule has 1 saturated heterocycles. The van der Waals surface area contributed by atoms with Crippen LogP contribution in [0.1, 0.15) is 5.56 Å². The van der Waals surface area contributed by atoms with Gasteiger partial charge in [0.05, 0.1) is 19.1 Å². The number of hydrogen-bond donors (Lipinski definition) is 1. The Morgan fingerprint density at radius 3 is 2.30 bits per heavy atom. The van der Waals surface area contributed by atoms with Gasteiger partial charge in [0.15, 0.2) is 11.5 Å². The van der Waals surface area contributed by atoms with E-state index < -0.39 is 10.0 Å². The van der Waals surface area contributed by atoms with Crippen LogP contribution in [0.4, 0.5) is 17.5 Å². The summed E-state index contributed by atoms with van der Waals surface area (Å²) in [5, 5.41) is 3.18. The van der Waals surface area contributed by atoms with Gasteiger partial charge in [0.25, 0.3) is 0 Å². The molecule has 1 fully saturated rings. The van der Waals surface area contributed by atoms with E-state index in [9.17, 15) is 8.42 Å².